The van der Waals surface area contributed by atoms with Crippen LogP contribution in [0, 0.1) is 0 Å². The highest BCUT2D eigenvalue weighted by Gasteiger charge is 2.29. The van der Waals surface area contributed by atoms with Gasteiger partial charge in [0.25, 0.3) is 5.91 Å². The van der Waals surface area contributed by atoms with Crippen molar-refractivity contribution in [3.63, 3.8) is 0 Å². The Morgan fingerprint density at radius 3 is 3.04 bits per heavy atom. The molecule has 0 saturated carbocycles. The number of nitrogens with zero attached hydrogens (tertiary/aromatic N) is 4. The zero-order chi connectivity index (χ0) is 16.4. The maximum Gasteiger partial charge on any atom is 0.273 e. The SMILES string of the molecule is CS(=O)(=O)NCCC1CN(C(=O)c2cscn2)Cc2ccnn21. The van der Waals surface area contributed by atoms with Crippen LogP contribution in [-0.2, 0) is 16.6 Å². The Balaban J connectivity index is 1.73. The average molecular weight is 355 g/mol. The summed E-state index contributed by atoms with van der Waals surface area (Å²) in [5.41, 5.74) is 3.01. The topological polar surface area (TPSA) is 97.2 Å². The molecule has 1 atom stereocenters. The van der Waals surface area contributed by atoms with Gasteiger partial charge in [-0.3, -0.25) is 9.48 Å². The summed E-state index contributed by atoms with van der Waals surface area (Å²) >= 11 is 1.38. The van der Waals surface area contributed by atoms with Crippen LogP contribution >= 0.6 is 11.3 Å². The maximum absolute atomic E-state index is 12.5. The Hall–Kier alpha value is -1.78. The van der Waals surface area contributed by atoms with Crippen molar-refractivity contribution in [2.75, 3.05) is 19.3 Å². The zero-order valence-corrected chi connectivity index (χ0v) is 14.2. The van der Waals surface area contributed by atoms with Crippen LogP contribution in [0.15, 0.2) is 23.2 Å². The number of carbonyl (C=O) groups is 1. The number of aromatic nitrogens is 3. The molecule has 0 spiro atoms. The quantitative estimate of drug-likeness (QED) is 0.841. The highest BCUT2D eigenvalue weighted by atomic mass is 32.2. The molecule has 1 unspecified atom stereocenters. The van der Waals surface area contributed by atoms with E-state index in [2.05, 4.69) is 14.8 Å². The number of carbonyl (C=O) groups excluding carboxylic acids is 1. The van der Waals surface area contributed by atoms with Crippen LogP contribution in [0.4, 0.5) is 0 Å². The van der Waals surface area contributed by atoms with E-state index in [1.165, 1.54) is 11.3 Å². The van der Waals surface area contributed by atoms with E-state index in [9.17, 15) is 13.2 Å². The van der Waals surface area contributed by atoms with E-state index in [1.807, 2.05) is 10.7 Å². The van der Waals surface area contributed by atoms with E-state index in [-0.39, 0.29) is 11.9 Å². The number of hydrogen-bond acceptors (Lipinski definition) is 6. The predicted octanol–water partition coefficient (Wildman–Crippen LogP) is 0.476. The van der Waals surface area contributed by atoms with E-state index in [0.717, 1.165) is 11.9 Å². The van der Waals surface area contributed by atoms with Gasteiger partial charge in [0.2, 0.25) is 10.0 Å². The fourth-order valence-electron chi connectivity index (χ4n) is 2.65. The second-order valence-electron chi connectivity index (χ2n) is 5.44. The summed E-state index contributed by atoms with van der Waals surface area (Å²) in [7, 11) is -3.22. The van der Waals surface area contributed by atoms with Gasteiger partial charge in [-0.2, -0.15) is 5.10 Å². The van der Waals surface area contributed by atoms with Crippen LogP contribution in [0.25, 0.3) is 0 Å². The molecule has 3 heterocycles. The molecule has 1 N–H and O–H groups in total. The van der Waals surface area contributed by atoms with Crippen molar-refractivity contribution in [1.29, 1.82) is 0 Å². The Kier molecular flexibility index (Phi) is 4.46. The largest absolute Gasteiger partial charge is 0.329 e. The average Bonchev–Trinajstić information content (AvgIpc) is 3.16. The van der Waals surface area contributed by atoms with Gasteiger partial charge >= 0.3 is 0 Å². The van der Waals surface area contributed by atoms with E-state index in [1.54, 1.807) is 22.0 Å². The molecule has 2 aromatic heterocycles. The number of nitrogens with one attached hydrogen (secondary N) is 1. The normalized spacial score (nSPS) is 18.0. The lowest BCUT2D eigenvalue weighted by molar-refractivity contribution is 0.0659. The summed E-state index contributed by atoms with van der Waals surface area (Å²) in [6, 6.07) is 1.81. The second-order valence-corrected chi connectivity index (χ2v) is 7.99. The fraction of sp³-hybridized carbons (Fsp3) is 0.462. The smallest absolute Gasteiger partial charge is 0.273 e. The molecule has 8 nitrogen and oxygen atoms in total. The van der Waals surface area contributed by atoms with Gasteiger partial charge in [0, 0.05) is 24.7 Å². The van der Waals surface area contributed by atoms with Gasteiger partial charge in [-0.05, 0) is 12.5 Å². The summed E-state index contributed by atoms with van der Waals surface area (Å²) in [5.74, 6) is -0.111. The standard InChI is InChI=1S/C13H17N5O3S2/c1-23(20,21)16-5-3-11-7-17(6-10-2-4-15-18(10)11)13(19)12-8-22-9-14-12/h2,4,8-9,11,16H,3,5-7H2,1H3. The molecule has 0 bridgehead atoms. The lowest BCUT2D eigenvalue weighted by atomic mass is 10.1. The van der Waals surface area contributed by atoms with Gasteiger partial charge in [0.05, 0.1) is 30.0 Å². The first kappa shape index (κ1) is 16.1. The minimum atomic E-state index is -3.22. The molecule has 1 aliphatic heterocycles. The predicted molar refractivity (Wildman–Crippen MR) is 85.6 cm³/mol. The maximum atomic E-state index is 12.5. The molecule has 1 amide bonds. The number of amides is 1. The molecule has 0 fully saturated rings. The minimum Gasteiger partial charge on any atom is -0.329 e. The van der Waals surface area contributed by atoms with Crippen LogP contribution in [0.3, 0.4) is 0 Å². The summed E-state index contributed by atoms with van der Waals surface area (Å²) in [6.07, 6.45) is 3.39. The molecule has 124 valence electrons. The summed E-state index contributed by atoms with van der Waals surface area (Å²) in [4.78, 5) is 18.3. The molecule has 3 rings (SSSR count). The first-order chi connectivity index (χ1) is 10.9. The summed E-state index contributed by atoms with van der Waals surface area (Å²) < 4.78 is 26.7. The third-order valence-corrected chi connectivity index (χ3v) is 4.98. The van der Waals surface area contributed by atoms with Crippen LogP contribution in [-0.4, -0.2) is 53.3 Å². The number of fused-ring (bicyclic) bond motifs is 1. The molecule has 1 aliphatic rings. The van der Waals surface area contributed by atoms with E-state index in [0.29, 0.717) is 31.7 Å². The van der Waals surface area contributed by atoms with Crippen molar-refractivity contribution < 1.29 is 13.2 Å². The van der Waals surface area contributed by atoms with Crippen molar-refractivity contribution in [3.05, 3.63) is 34.5 Å². The number of rotatable bonds is 5. The van der Waals surface area contributed by atoms with Crippen molar-refractivity contribution in [2.24, 2.45) is 0 Å². The monoisotopic (exact) mass is 355 g/mol. The molecule has 10 heteroatoms. The Labute approximate surface area is 138 Å². The first-order valence-electron chi connectivity index (χ1n) is 7.08. The molecule has 0 radical (unpaired) electrons. The third-order valence-electron chi connectivity index (χ3n) is 3.66. The zero-order valence-electron chi connectivity index (χ0n) is 12.5. The highest BCUT2D eigenvalue weighted by molar-refractivity contribution is 7.88. The van der Waals surface area contributed by atoms with E-state index >= 15 is 0 Å². The van der Waals surface area contributed by atoms with Gasteiger partial charge in [-0.25, -0.2) is 18.1 Å². The summed E-state index contributed by atoms with van der Waals surface area (Å²) in [5, 5.41) is 6.03. The van der Waals surface area contributed by atoms with Crippen LogP contribution < -0.4 is 4.72 Å². The highest BCUT2D eigenvalue weighted by Crippen LogP contribution is 2.24. The lowest BCUT2D eigenvalue weighted by Gasteiger charge is -2.33. The van der Waals surface area contributed by atoms with Gasteiger partial charge < -0.3 is 4.90 Å². The van der Waals surface area contributed by atoms with Gasteiger partial charge in [0.15, 0.2) is 0 Å². The molecule has 0 aliphatic carbocycles. The molecule has 0 saturated heterocycles. The molecule has 23 heavy (non-hydrogen) atoms. The first-order valence-corrected chi connectivity index (χ1v) is 9.92. The van der Waals surface area contributed by atoms with Crippen molar-refractivity contribution in [2.45, 2.75) is 19.0 Å². The summed E-state index contributed by atoms with van der Waals surface area (Å²) in [6.45, 7) is 1.27. The Bertz CT molecular complexity index is 784. The second kappa shape index (κ2) is 6.38. The van der Waals surface area contributed by atoms with Gasteiger partial charge in [0.1, 0.15) is 5.69 Å². The van der Waals surface area contributed by atoms with Crippen molar-refractivity contribution in [1.82, 2.24) is 24.4 Å². The number of thiazole rings is 1. The van der Waals surface area contributed by atoms with Crippen molar-refractivity contribution >= 4 is 27.3 Å². The lowest BCUT2D eigenvalue weighted by Crippen LogP contribution is -2.42. The Morgan fingerprint density at radius 1 is 1.52 bits per heavy atom. The van der Waals surface area contributed by atoms with Crippen LogP contribution in [0.2, 0.25) is 0 Å². The third kappa shape index (κ3) is 3.77. The van der Waals surface area contributed by atoms with Crippen LogP contribution in [0.5, 0.6) is 0 Å². The number of sulfonamides is 1. The van der Waals surface area contributed by atoms with Gasteiger partial charge in [-0.1, -0.05) is 0 Å². The molecular formula is C13H17N5O3S2. The van der Waals surface area contributed by atoms with E-state index < -0.39 is 10.0 Å². The van der Waals surface area contributed by atoms with Crippen molar-refractivity contribution in [3.8, 4) is 0 Å². The molecular weight excluding hydrogens is 338 g/mol. The molecule has 0 aromatic carbocycles. The minimum absolute atomic E-state index is 0.0643. The Morgan fingerprint density at radius 2 is 2.35 bits per heavy atom. The van der Waals surface area contributed by atoms with E-state index in [4.69, 9.17) is 0 Å². The van der Waals surface area contributed by atoms with Crippen LogP contribution in [0.1, 0.15) is 28.6 Å². The number of hydrogen-bond donors (Lipinski definition) is 1. The van der Waals surface area contributed by atoms with Gasteiger partial charge in [-0.15, -0.1) is 11.3 Å². The molecule has 2 aromatic rings. The fourth-order valence-corrected chi connectivity index (χ4v) is 3.66.